The molecular formula is C12H13N5O3S. The summed E-state index contributed by atoms with van der Waals surface area (Å²) < 4.78 is 1.45. The number of hydrogen-bond donors (Lipinski definition) is 1. The average molecular weight is 307 g/mol. The minimum Gasteiger partial charge on any atom is -0.267 e. The van der Waals surface area contributed by atoms with Gasteiger partial charge >= 0.3 is 0 Å². The summed E-state index contributed by atoms with van der Waals surface area (Å²) >= 11 is 1.33. The molecule has 1 N–H and O–H groups in total. The van der Waals surface area contributed by atoms with E-state index < -0.39 is 10.8 Å². The van der Waals surface area contributed by atoms with Crippen LogP contribution in [0.1, 0.15) is 21.7 Å². The van der Waals surface area contributed by atoms with Crippen LogP contribution in [0.5, 0.6) is 0 Å². The summed E-state index contributed by atoms with van der Waals surface area (Å²) in [6, 6.07) is 4.38. The van der Waals surface area contributed by atoms with Crippen molar-refractivity contribution < 1.29 is 9.72 Å². The summed E-state index contributed by atoms with van der Waals surface area (Å²) in [7, 11) is 0. The molecule has 1 aromatic carbocycles. The highest BCUT2D eigenvalue weighted by Gasteiger charge is 2.19. The number of nitrogens with zero attached hydrogens (tertiary/aromatic N) is 4. The van der Waals surface area contributed by atoms with Crippen LogP contribution in [0.15, 0.2) is 23.4 Å². The molecule has 8 nitrogen and oxygen atoms in total. The maximum Gasteiger partial charge on any atom is 0.273 e. The molecule has 1 heterocycles. The predicted octanol–water partition coefficient (Wildman–Crippen LogP) is 1.91. The van der Waals surface area contributed by atoms with E-state index in [-0.39, 0.29) is 11.3 Å². The lowest BCUT2D eigenvalue weighted by atomic mass is 10.1. The molecule has 0 saturated heterocycles. The van der Waals surface area contributed by atoms with Crippen molar-refractivity contribution >= 4 is 23.4 Å². The van der Waals surface area contributed by atoms with Crippen LogP contribution in [0.2, 0.25) is 0 Å². The van der Waals surface area contributed by atoms with E-state index in [0.717, 1.165) is 0 Å². The predicted molar refractivity (Wildman–Crippen MR) is 78.1 cm³/mol. The van der Waals surface area contributed by atoms with Crippen LogP contribution in [0, 0.1) is 24.0 Å². The summed E-state index contributed by atoms with van der Waals surface area (Å²) in [4.78, 5) is 22.7. The summed E-state index contributed by atoms with van der Waals surface area (Å²) in [5.74, 6) is 0.0742. The van der Waals surface area contributed by atoms with Crippen molar-refractivity contribution in [1.82, 2.24) is 14.9 Å². The molecule has 0 aliphatic heterocycles. The van der Waals surface area contributed by atoms with Gasteiger partial charge in [0.2, 0.25) is 5.16 Å². The molecular weight excluding hydrogens is 294 g/mol. The molecule has 0 bridgehead atoms. The molecule has 21 heavy (non-hydrogen) atoms. The largest absolute Gasteiger partial charge is 0.273 e. The van der Waals surface area contributed by atoms with E-state index in [0.29, 0.717) is 16.5 Å². The van der Waals surface area contributed by atoms with E-state index in [4.69, 9.17) is 0 Å². The standard InChI is InChI=1S/C12H13N5O3S/c1-7-9(5-4-6-10(7)17(19)20)11(18)15-16-8(2)13-14-12(16)21-3/h4-6H,1-3H3,(H,15,18). The second-order valence-corrected chi connectivity index (χ2v) is 4.99. The van der Waals surface area contributed by atoms with Gasteiger partial charge in [-0.25, -0.2) is 4.68 Å². The molecule has 110 valence electrons. The Morgan fingerprint density at radius 3 is 2.71 bits per heavy atom. The molecule has 0 atom stereocenters. The Labute approximate surface area is 124 Å². The van der Waals surface area contributed by atoms with Gasteiger partial charge in [0.05, 0.1) is 10.5 Å². The van der Waals surface area contributed by atoms with Gasteiger partial charge < -0.3 is 0 Å². The Bertz CT molecular complexity index is 713. The maximum atomic E-state index is 12.3. The normalized spacial score (nSPS) is 10.4. The zero-order valence-electron chi connectivity index (χ0n) is 11.7. The number of amides is 1. The van der Waals surface area contributed by atoms with E-state index in [1.807, 2.05) is 6.26 Å². The van der Waals surface area contributed by atoms with E-state index in [9.17, 15) is 14.9 Å². The van der Waals surface area contributed by atoms with Crippen LogP contribution in [-0.4, -0.2) is 32.0 Å². The van der Waals surface area contributed by atoms with Crippen LogP contribution in [-0.2, 0) is 0 Å². The number of rotatable bonds is 4. The Hall–Kier alpha value is -2.42. The Balaban J connectivity index is 2.35. The van der Waals surface area contributed by atoms with Crippen molar-refractivity contribution in [3.63, 3.8) is 0 Å². The van der Waals surface area contributed by atoms with Crippen LogP contribution >= 0.6 is 11.8 Å². The van der Waals surface area contributed by atoms with E-state index in [1.54, 1.807) is 13.8 Å². The van der Waals surface area contributed by atoms with Gasteiger partial charge in [0.1, 0.15) is 5.82 Å². The molecule has 1 amide bonds. The Morgan fingerprint density at radius 2 is 2.10 bits per heavy atom. The molecule has 1 aromatic heterocycles. The minimum atomic E-state index is -0.510. The highest BCUT2D eigenvalue weighted by molar-refractivity contribution is 7.98. The van der Waals surface area contributed by atoms with Gasteiger partial charge in [-0.3, -0.25) is 20.3 Å². The monoisotopic (exact) mass is 307 g/mol. The molecule has 2 aromatic rings. The summed E-state index contributed by atoms with van der Waals surface area (Å²) in [6.07, 6.45) is 1.81. The third-order valence-corrected chi connectivity index (χ3v) is 3.57. The topological polar surface area (TPSA) is 103 Å². The van der Waals surface area contributed by atoms with Gasteiger partial charge in [0, 0.05) is 11.6 Å². The summed E-state index contributed by atoms with van der Waals surface area (Å²) in [6.45, 7) is 3.24. The number of aryl methyl sites for hydroxylation is 1. The Morgan fingerprint density at radius 1 is 1.38 bits per heavy atom. The molecule has 0 spiro atoms. The number of benzene rings is 1. The van der Waals surface area contributed by atoms with E-state index in [2.05, 4.69) is 15.6 Å². The fraction of sp³-hybridized carbons (Fsp3) is 0.250. The molecule has 0 aliphatic rings. The smallest absolute Gasteiger partial charge is 0.267 e. The first kappa shape index (κ1) is 15.0. The SMILES string of the molecule is CSc1nnc(C)n1NC(=O)c1cccc([N+](=O)[O-])c1C. The summed E-state index contributed by atoms with van der Waals surface area (Å²) in [5.41, 5.74) is 3.11. The lowest BCUT2D eigenvalue weighted by Gasteiger charge is -2.10. The van der Waals surface area contributed by atoms with E-state index in [1.165, 1.54) is 34.6 Å². The zero-order chi connectivity index (χ0) is 15.6. The van der Waals surface area contributed by atoms with Gasteiger partial charge in [0.15, 0.2) is 0 Å². The highest BCUT2D eigenvalue weighted by atomic mass is 32.2. The summed E-state index contributed by atoms with van der Waals surface area (Å²) in [5, 5.41) is 19.2. The molecule has 0 fully saturated rings. The van der Waals surface area contributed by atoms with Gasteiger partial charge in [-0.1, -0.05) is 17.8 Å². The molecule has 9 heteroatoms. The third-order valence-electron chi connectivity index (χ3n) is 2.94. The quantitative estimate of drug-likeness (QED) is 0.526. The lowest BCUT2D eigenvalue weighted by Crippen LogP contribution is -2.25. The minimum absolute atomic E-state index is 0.0896. The zero-order valence-corrected chi connectivity index (χ0v) is 12.5. The van der Waals surface area contributed by atoms with Gasteiger partial charge in [-0.2, -0.15) is 0 Å². The van der Waals surface area contributed by atoms with Gasteiger partial charge in [0.25, 0.3) is 11.6 Å². The van der Waals surface area contributed by atoms with Crippen LogP contribution in [0.25, 0.3) is 0 Å². The van der Waals surface area contributed by atoms with Crippen molar-refractivity contribution in [3.8, 4) is 0 Å². The molecule has 0 radical (unpaired) electrons. The van der Waals surface area contributed by atoms with E-state index >= 15 is 0 Å². The third kappa shape index (κ3) is 2.87. The maximum absolute atomic E-state index is 12.3. The van der Waals surface area contributed by atoms with Crippen molar-refractivity contribution in [1.29, 1.82) is 0 Å². The van der Waals surface area contributed by atoms with Gasteiger partial charge in [-0.15, -0.1) is 10.2 Å². The Kier molecular flexibility index (Phi) is 4.22. The molecule has 2 rings (SSSR count). The van der Waals surface area contributed by atoms with Crippen molar-refractivity contribution in [2.75, 3.05) is 11.7 Å². The fourth-order valence-electron chi connectivity index (χ4n) is 1.83. The van der Waals surface area contributed by atoms with Crippen molar-refractivity contribution in [2.45, 2.75) is 19.0 Å². The number of carbonyl (C=O) groups excluding carboxylic acids is 1. The second kappa shape index (κ2) is 5.92. The number of thioether (sulfide) groups is 1. The van der Waals surface area contributed by atoms with Crippen LogP contribution in [0.3, 0.4) is 0 Å². The number of nitro benzene ring substituents is 1. The number of nitro groups is 1. The second-order valence-electron chi connectivity index (χ2n) is 4.22. The van der Waals surface area contributed by atoms with Crippen LogP contribution < -0.4 is 5.43 Å². The molecule has 0 saturated carbocycles. The molecule has 0 unspecified atom stereocenters. The van der Waals surface area contributed by atoms with Crippen LogP contribution in [0.4, 0.5) is 5.69 Å². The van der Waals surface area contributed by atoms with Crippen molar-refractivity contribution in [3.05, 3.63) is 45.3 Å². The molecule has 0 aliphatic carbocycles. The first-order chi connectivity index (χ1) is 9.95. The van der Waals surface area contributed by atoms with Crippen molar-refractivity contribution in [2.24, 2.45) is 0 Å². The first-order valence-corrected chi connectivity index (χ1v) is 7.19. The van der Waals surface area contributed by atoms with Gasteiger partial charge in [-0.05, 0) is 26.2 Å². The fourth-order valence-corrected chi connectivity index (χ4v) is 2.32. The number of nitrogens with one attached hydrogen (secondary N) is 1. The average Bonchev–Trinajstić information content (AvgIpc) is 2.79. The lowest BCUT2D eigenvalue weighted by molar-refractivity contribution is -0.385. The number of hydrogen-bond acceptors (Lipinski definition) is 6. The first-order valence-electron chi connectivity index (χ1n) is 5.97. The highest BCUT2D eigenvalue weighted by Crippen LogP contribution is 2.21. The number of aromatic nitrogens is 3. The number of carbonyl (C=O) groups is 1.